The normalized spacial score (nSPS) is 23.5. The van der Waals surface area contributed by atoms with Crippen LogP contribution in [0.25, 0.3) is 0 Å². The average Bonchev–Trinajstić information content (AvgIpc) is 2.93. The minimum absolute atomic E-state index is 0.308. The van der Waals surface area contributed by atoms with Gasteiger partial charge in [0.1, 0.15) is 0 Å². The molecular weight excluding hydrogens is 312 g/mol. The van der Waals surface area contributed by atoms with Crippen molar-refractivity contribution in [3.63, 3.8) is 0 Å². The van der Waals surface area contributed by atoms with Crippen LogP contribution in [0, 0.1) is 5.92 Å². The number of piperidine rings is 1. The van der Waals surface area contributed by atoms with Gasteiger partial charge in [-0.15, -0.1) is 0 Å². The second-order valence-electron chi connectivity index (χ2n) is 6.82. The molecule has 2 heterocycles. The number of sulfonamides is 1. The highest BCUT2D eigenvalue weighted by Crippen LogP contribution is 2.22. The Kier molecular flexibility index (Phi) is 6.22. The van der Waals surface area contributed by atoms with Gasteiger partial charge in [0.05, 0.1) is 11.4 Å². The van der Waals surface area contributed by atoms with E-state index < -0.39 is 10.0 Å². The summed E-state index contributed by atoms with van der Waals surface area (Å²) < 4.78 is 28.2. The predicted octanol–water partition coefficient (Wildman–Crippen LogP) is 1.83. The molecule has 132 valence electrons. The zero-order valence-electron chi connectivity index (χ0n) is 14.7. The van der Waals surface area contributed by atoms with Crippen molar-refractivity contribution in [2.75, 3.05) is 13.1 Å². The molecule has 0 bridgehead atoms. The lowest BCUT2D eigenvalue weighted by atomic mass is 9.95. The van der Waals surface area contributed by atoms with Crippen molar-refractivity contribution < 1.29 is 8.42 Å². The highest BCUT2D eigenvalue weighted by Gasteiger charge is 2.33. The smallest absolute Gasteiger partial charge is 0.216 e. The Morgan fingerprint density at radius 1 is 1.43 bits per heavy atom. The lowest BCUT2D eigenvalue weighted by molar-refractivity contribution is 0.218. The Hall–Kier alpha value is -0.920. The lowest BCUT2D eigenvalue weighted by Gasteiger charge is -2.37. The van der Waals surface area contributed by atoms with Crippen LogP contribution < -0.4 is 5.32 Å². The molecule has 0 aliphatic carbocycles. The summed E-state index contributed by atoms with van der Waals surface area (Å²) in [6, 6.07) is 0.350. The lowest BCUT2D eigenvalue weighted by Crippen LogP contribution is -2.51. The van der Waals surface area contributed by atoms with Crippen molar-refractivity contribution in [1.29, 1.82) is 0 Å². The van der Waals surface area contributed by atoms with E-state index in [1.807, 2.05) is 10.9 Å². The Morgan fingerprint density at radius 2 is 2.17 bits per heavy atom. The first-order valence-corrected chi connectivity index (χ1v) is 10.1. The third-order valence-corrected chi connectivity index (χ3v) is 6.77. The van der Waals surface area contributed by atoms with Crippen molar-refractivity contribution in [1.82, 2.24) is 19.4 Å². The molecule has 1 aliphatic rings. The predicted molar refractivity (Wildman–Crippen MR) is 92.6 cm³/mol. The molecule has 2 atom stereocenters. The Labute approximate surface area is 140 Å². The summed E-state index contributed by atoms with van der Waals surface area (Å²) in [5.74, 6) is 0.308. The van der Waals surface area contributed by atoms with Crippen molar-refractivity contribution in [2.24, 2.45) is 5.92 Å². The van der Waals surface area contributed by atoms with Crippen LogP contribution in [0.15, 0.2) is 12.4 Å². The van der Waals surface area contributed by atoms with E-state index in [0.717, 1.165) is 25.9 Å². The number of hydrogen-bond donors (Lipinski definition) is 1. The summed E-state index contributed by atoms with van der Waals surface area (Å²) in [7, 11) is -3.13. The van der Waals surface area contributed by atoms with Crippen molar-refractivity contribution in [2.45, 2.75) is 64.9 Å². The van der Waals surface area contributed by atoms with E-state index in [1.54, 1.807) is 18.2 Å². The largest absolute Gasteiger partial charge is 0.309 e. The molecule has 2 rings (SSSR count). The van der Waals surface area contributed by atoms with Gasteiger partial charge in [-0.3, -0.25) is 4.68 Å². The van der Waals surface area contributed by atoms with Gasteiger partial charge >= 0.3 is 0 Å². The van der Waals surface area contributed by atoms with Gasteiger partial charge < -0.3 is 5.32 Å². The summed E-state index contributed by atoms with van der Waals surface area (Å²) >= 11 is 0. The summed E-state index contributed by atoms with van der Waals surface area (Å²) in [4.78, 5) is 0. The fraction of sp³-hybridized carbons (Fsp3) is 0.812. The molecule has 0 saturated carbocycles. The molecule has 0 radical (unpaired) electrons. The molecule has 6 nitrogen and oxygen atoms in total. The SMILES string of the molecule is CCCn1cc(CN[C@H]2CCN(S(=O)(=O)C(C)C)C[C@@H]2C)cn1. The summed E-state index contributed by atoms with van der Waals surface area (Å²) in [6.07, 6.45) is 5.93. The second kappa shape index (κ2) is 7.77. The van der Waals surface area contributed by atoms with Gasteiger partial charge in [-0.05, 0) is 32.6 Å². The van der Waals surface area contributed by atoms with Crippen LogP contribution in [-0.4, -0.2) is 46.9 Å². The molecule has 1 fully saturated rings. The van der Waals surface area contributed by atoms with Crippen molar-refractivity contribution in [3.8, 4) is 0 Å². The number of nitrogens with zero attached hydrogens (tertiary/aromatic N) is 3. The first kappa shape index (κ1) is 18.4. The van der Waals surface area contributed by atoms with E-state index in [0.29, 0.717) is 25.0 Å². The third kappa shape index (κ3) is 4.55. The van der Waals surface area contributed by atoms with Crippen molar-refractivity contribution in [3.05, 3.63) is 18.0 Å². The van der Waals surface area contributed by atoms with E-state index in [1.165, 1.54) is 5.56 Å². The number of aryl methyl sites for hydroxylation is 1. The van der Waals surface area contributed by atoms with E-state index in [-0.39, 0.29) is 5.25 Å². The van der Waals surface area contributed by atoms with E-state index in [9.17, 15) is 8.42 Å². The first-order valence-electron chi connectivity index (χ1n) is 8.58. The molecule has 0 amide bonds. The van der Waals surface area contributed by atoms with Gasteiger partial charge in [-0.2, -0.15) is 5.10 Å². The molecule has 23 heavy (non-hydrogen) atoms. The standard InChI is InChI=1S/C16H30N4O2S/c1-5-7-19-12-15(10-18-19)9-17-16-6-8-20(11-14(16)4)23(21,22)13(2)3/h10,12-14,16-17H,5-9,11H2,1-4H3/t14-,16-/m0/s1. The molecular formula is C16H30N4O2S. The first-order chi connectivity index (χ1) is 10.8. The molecule has 1 aliphatic heterocycles. The molecule has 7 heteroatoms. The van der Waals surface area contributed by atoms with Crippen LogP contribution in [0.5, 0.6) is 0 Å². The van der Waals surface area contributed by atoms with Gasteiger partial charge in [-0.25, -0.2) is 12.7 Å². The van der Waals surface area contributed by atoms with Crippen LogP contribution >= 0.6 is 0 Å². The van der Waals surface area contributed by atoms with Gasteiger partial charge in [0, 0.05) is 44.0 Å². The highest BCUT2D eigenvalue weighted by atomic mass is 32.2. The zero-order valence-corrected chi connectivity index (χ0v) is 15.5. The van der Waals surface area contributed by atoms with Crippen molar-refractivity contribution >= 4 is 10.0 Å². The monoisotopic (exact) mass is 342 g/mol. The Balaban J connectivity index is 1.86. The molecule has 0 spiro atoms. The number of aromatic nitrogens is 2. The maximum Gasteiger partial charge on any atom is 0.216 e. The summed E-state index contributed by atoms with van der Waals surface area (Å²) in [5, 5.41) is 7.57. The van der Waals surface area contributed by atoms with E-state index >= 15 is 0 Å². The maximum absolute atomic E-state index is 12.3. The molecule has 1 aromatic rings. The van der Waals surface area contributed by atoms with Crippen LogP contribution in [0.2, 0.25) is 0 Å². The molecule has 1 saturated heterocycles. The number of nitrogens with one attached hydrogen (secondary N) is 1. The van der Waals surface area contributed by atoms with E-state index in [2.05, 4.69) is 30.5 Å². The molecule has 0 aromatic carbocycles. The van der Waals surface area contributed by atoms with E-state index in [4.69, 9.17) is 0 Å². The molecule has 1 aromatic heterocycles. The summed E-state index contributed by atoms with van der Waals surface area (Å²) in [6.45, 7) is 10.7. The van der Waals surface area contributed by atoms with Crippen LogP contribution in [0.3, 0.4) is 0 Å². The van der Waals surface area contributed by atoms with Crippen LogP contribution in [0.1, 0.15) is 46.1 Å². The van der Waals surface area contributed by atoms with Gasteiger partial charge in [0.2, 0.25) is 10.0 Å². The average molecular weight is 343 g/mol. The molecule has 0 unspecified atom stereocenters. The fourth-order valence-electron chi connectivity index (χ4n) is 3.04. The highest BCUT2D eigenvalue weighted by molar-refractivity contribution is 7.89. The topological polar surface area (TPSA) is 67.2 Å². The quantitative estimate of drug-likeness (QED) is 0.821. The van der Waals surface area contributed by atoms with Gasteiger partial charge in [-0.1, -0.05) is 13.8 Å². The second-order valence-corrected chi connectivity index (χ2v) is 9.31. The number of hydrogen-bond acceptors (Lipinski definition) is 4. The van der Waals surface area contributed by atoms with Crippen LogP contribution in [-0.2, 0) is 23.1 Å². The van der Waals surface area contributed by atoms with Gasteiger partial charge in [0.25, 0.3) is 0 Å². The third-order valence-electron chi connectivity index (χ3n) is 4.53. The van der Waals surface area contributed by atoms with Gasteiger partial charge in [0.15, 0.2) is 0 Å². The summed E-state index contributed by atoms with van der Waals surface area (Å²) in [5.41, 5.74) is 1.18. The fourth-order valence-corrected chi connectivity index (χ4v) is 4.44. The number of rotatable bonds is 7. The molecule has 1 N–H and O–H groups in total. The Bertz CT molecular complexity index is 597. The minimum atomic E-state index is -3.13. The minimum Gasteiger partial charge on any atom is -0.309 e. The van der Waals surface area contributed by atoms with Crippen LogP contribution in [0.4, 0.5) is 0 Å². The Morgan fingerprint density at radius 3 is 2.78 bits per heavy atom. The maximum atomic E-state index is 12.3. The zero-order chi connectivity index (χ0) is 17.0.